The van der Waals surface area contributed by atoms with Gasteiger partial charge in [-0.15, -0.1) is 10.2 Å². The Labute approximate surface area is 96.9 Å². The van der Waals surface area contributed by atoms with Gasteiger partial charge in [-0.1, -0.05) is 11.6 Å². The average molecular weight is 253 g/mol. The molecule has 1 heterocycles. The van der Waals surface area contributed by atoms with Gasteiger partial charge in [0.25, 0.3) is 0 Å². The summed E-state index contributed by atoms with van der Waals surface area (Å²) in [6.07, 6.45) is -0.394. The lowest BCUT2D eigenvalue weighted by molar-refractivity contribution is -0.0914. The van der Waals surface area contributed by atoms with Gasteiger partial charge in [0.05, 0.1) is 6.54 Å². The second kappa shape index (κ2) is 6.02. The first-order valence-corrected chi connectivity index (χ1v) is 4.78. The topological polar surface area (TPSA) is 69.2 Å². The molecule has 0 atom stereocenters. The number of hydrogen-bond acceptors (Lipinski definition) is 6. The summed E-state index contributed by atoms with van der Waals surface area (Å²) in [4.78, 5) is 3.85. The molecule has 0 aromatic carbocycles. The summed E-state index contributed by atoms with van der Waals surface area (Å²) in [7, 11) is 3.06. The molecule has 0 amide bonds. The first-order chi connectivity index (χ1) is 7.17. The van der Waals surface area contributed by atoms with Crippen molar-refractivity contribution in [3.63, 3.8) is 0 Å². The van der Waals surface area contributed by atoms with Gasteiger partial charge >= 0.3 is 0 Å². The van der Waals surface area contributed by atoms with Crippen molar-refractivity contribution in [1.29, 1.82) is 0 Å². The van der Waals surface area contributed by atoms with Crippen LogP contribution in [-0.4, -0.2) is 42.2 Å². The lowest BCUT2D eigenvalue weighted by Crippen LogP contribution is -2.24. The summed E-state index contributed by atoms with van der Waals surface area (Å²) in [5.41, 5.74) is 0. The third kappa shape index (κ3) is 3.75. The van der Waals surface area contributed by atoms with Crippen LogP contribution in [-0.2, 0) is 9.47 Å². The van der Waals surface area contributed by atoms with E-state index in [0.717, 1.165) is 0 Å². The third-order valence-corrected chi connectivity index (χ3v) is 2.00. The minimum Gasteiger partial charge on any atom is -0.362 e. The van der Waals surface area contributed by atoms with Gasteiger partial charge in [0, 0.05) is 14.2 Å². The van der Waals surface area contributed by atoms with E-state index in [0.29, 0.717) is 12.4 Å². The summed E-state index contributed by atoms with van der Waals surface area (Å²) in [6, 6.07) is 0. The van der Waals surface area contributed by atoms with E-state index in [1.54, 1.807) is 0 Å². The van der Waals surface area contributed by atoms with Crippen LogP contribution >= 0.6 is 23.2 Å². The fraction of sp³-hybridized carbons (Fsp3) is 0.571. The molecule has 6 nitrogen and oxygen atoms in total. The average Bonchev–Trinajstić information content (AvgIpc) is 2.24. The van der Waals surface area contributed by atoms with E-state index in [9.17, 15) is 0 Å². The van der Waals surface area contributed by atoms with Crippen molar-refractivity contribution in [2.45, 2.75) is 6.29 Å². The Balaban J connectivity index is 2.60. The summed E-state index contributed by atoms with van der Waals surface area (Å²) in [6.45, 7) is 0.377. The van der Waals surface area contributed by atoms with Gasteiger partial charge in [-0.25, -0.2) is 0 Å². The fourth-order valence-corrected chi connectivity index (χ4v) is 1.12. The second-order valence-electron chi connectivity index (χ2n) is 2.50. The van der Waals surface area contributed by atoms with Gasteiger partial charge in [-0.3, -0.25) is 0 Å². The Morgan fingerprint density at radius 3 is 2.53 bits per heavy atom. The monoisotopic (exact) mass is 252 g/mol. The van der Waals surface area contributed by atoms with Crippen molar-refractivity contribution >= 4 is 29.0 Å². The van der Waals surface area contributed by atoms with Gasteiger partial charge in [0.2, 0.25) is 5.28 Å². The SMILES string of the molecule is COC(CNc1nc(Cl)nnc1Cl)OC. The van der Waals surface area contributed by atoms with Crippen LogP contribution in [0.3, 0.4) is 0 Å². The first kappa shape index (κ1) is 12.4. The minimum atomic E-state index is -0.394. The van der Waals surface area contributed by atoms with E-state index < -0.39 is 6.29 Å². The van der Waals surface area contributed by atoms with E-state index in [1.165, 1.54) is 14.2 Å². The molecule has 0 radical (unpaired) electrons. The predicted octanol–water partition coefficient (Wildman–Crippen LogP) is 1.21. The van der Waals surface area contributed by atoms with Crippen molar-refractivity contribution < 1.29 is 9.47 Å². The van der Waals surface area contributed by atoms with Crippen LogP contribution in [0.4, 0.5) is 5.82 Å². The molecule has 0 bridgehead atoms. The maximum absolute atomic E-state index is 5.73. The highest BCUT2D eigenvalue weighted by Gasteiger charge is 2.09. The maximum Gasteiger partial charge on any atom is 0.245 e. The normalized spacial score (nSPS) is 10.7. The molecule has 15 heavy (non-hydrogen) atoms. The minimum absolute atomic E-state index is 0.0216. The van der Waals surface area contributed by atoms with Crippen molar-refractivity contribution in [2.24, 2.45) is 0 Å². The molecule has 0 aliphatic heterocycles. The quantitative estimate of drug-likeness (QED) is 0.795. The van der Waals surface area contributed by atoms with E-state index in [-0.39, 0.29) is 10.4 Å². The lowest BCUT2D eigenvalue weighted by atomic mass is 10.5. The molecule has 0 fully saturated rings. The van der Waals surface area contributed by atoms with Crippen LogP contribution in [0.1, 0.15) is 0 Å². The van der Waals surface area contributed by atoms with Gasteiger partial charge in [0.1, 0.15) is 0 Å². The maximum atomic E-state index is 5.73. The zero-order chi connectivity index (χ0) is 11.3. The number of hydrogen-bond donors (Lipinski definition) is 1. The number of halogens is 2. The van der Waals surface area contributed by atoms with Crippen LogP contribution in [0.25, 0.3) is 0 Å². The summed E-state index contributed by atoms with van der Waals surface area (Å²) >= 11 is 11.3. The number of anilines is 1. The predicted molar refractivity (Wildman–Crippen MR) is 56.1 cm³/mol. The molecule has 0 aliphatic carbocycles. The van der Waals surface area contributed by atoms with E-state index in [4.69, 9.17) is 32.7 Å². The zero-order valence-electron chi connectivity index (χ0n) is 8.20. The van der Waals surface area contributed by atoms with E-state index in [1.807, 2.05) is 0 Å². The molecular weight excluding hydrogens is 243 g/mol. The number of ether oxygens (including phenoxy) is 2. The molecule has 84 valence electrons. The van der Waals surface area contributed by atoms with Gasteiger partial charge in [0.15, 0.2) is 17.3 Å². The van der Waals surface area contributed by atoms with E-state index in [2.05, 4.69) is 20.5 Å². The summed E-state index contributed by atoms with van der Waals surface area (Å²) < 4.78 is 9.93. The molecule has 1 aromatic rings. The number of nitrogens with one attached hydrogen (secondary N) is 1. The molecular formula is C7H10Cl2N4O2. The van der Waals surface area contributed by atoms with Crippen LogP contribution in [0.2, 0.25) is 10.4 Å². The Morgan fingerprint density at radius 2 is 1.93 bits per heavy atom. The van der Waals surface area contributed by atoms with E-state index >= 15 is 0 Å². The standard InChI is InChI=1S/C7H10Cl2N4O2/c1-14-4(15-2)3-10-6-5(8)12-13-7(9)11-6/h4H,3H2,1-2H3,(H,10,11,13). The fourth-order valence-electron chi connectivity index (χ4n) is 0.849. The van der Waals surface area contributed by atoms with Crippen molar-refractivity contribution in [3.8, 4) is 0 Å². The summed E-state index contributed by atoms with van der Waals surface area (Å²) in [5.74, 6) is 0.343. The molecule has 0 unspecified atom stereocenters. The third-order valence-electron chi connectivity index (χ3n) is 1.58. The van der Waals surface area contributed by atoms with Crippen LogP contribution < -0.4 is 5.32 Å². The molecule has 1 N–H and O–H groups in total. The van der Waals surface area contributed by atoms with Crippen molar-refractivity contribution in [1.82, 2.24) is 15.2 Å². The Bertz CT molecular complexity index is 322. The van der Waals surface area contributed by atoms with Crippen molar-refractivity contribution in [2.75, 3.05) is 26.1 Å². The van der Waals surface area contributed by atoms with Crippen LogP contribution in [0.5, 0.6) is 0 Å². The summed E-state index contributed by atoms with van der Waals surface area (Å²) in [5, 5.41) is 10.1. The molecule has 0 saturated heterocycles. The molecule has 8 heteroatoms. The number of methoxy groups -OCH3 is 2. The highest BCUT2D eigenvalue weighted by atomic mass is 35.5. The molecule has 0 aliphatic rings. The highest BCUT2D eigenvalue weighted by Crippen LogP contribution is 2.16. The van der Waals surface area contributed by atoms with Gasteiger partial charge in [-0.2, -0.15) is 4.98 Å². The Kier molecular flexibility index (Phi) is 4.97. The largest absolute Gasteiger partial charge is 0.362 e. The molecule has 1 rings (SSSR count). The highest BCUT2D eigenvalue weighted by molar-refractivity contribution is 6.32. The van der Waals surface area contributed by atoms with Gasteiger partial charge < -0.3 is 14.8 Å². The number of rotatable bonds is 5. The Morgan fingerprint density at radius 1 is 1.27 bits per heavy atom. The number of nitrogens with zero attached hydrogens (tertiary/aromatic N) is 3. The Hall–Kier alpha value is -0.690. The molecule has 0 saturated carbocycles. The zero-order valence-corrected chi connectivity index (χ0v) is 9.71. The lowest BCUT2D eigenvalue weighted by Gasteiger charge is -2.14. The first-order valence-electron chi connectivity index (χ1n) is 4.02. The van der Waals surface area contributed by atoms with Gasteiger partial charge in [-0.05, 0) is 11.6 Å². The smallest absolute Gasteiger partial charge is 0.245 e. The van der Waals surface area contributed by atoms with Crippen LogP contribution in [0, 0.1) is 0 Å². The second-order valence-corrected chi connectivity index (χ2v) is 3.20. The van der Waals surface area contributed by atoms with Crippen molar-refractivity contribution in [3.05, 3.63) is 10.4 Å². The number of aromatic nitrogens is 3. The van der Waals surface area contributed by atoms with Crippen LogP contribution in [0.15, 0.2) is 0 Å². The molecule has 0 spiro atoms. The molecule has 1 aromatic heterocycles.